The predicted octanol–water partition coefficient (Wildman–Crippen LogP) is 2.33. The van der Waals surface area contributed by atoms with Crippen LogP contribution in [0.15, 0.2) is 67.3 Å². The summed E-state index contributed by atoms with van der Waals surface area (Å²) in [4.78, 5) is 15.8. The van der Waals surface area contributed by atoms with Crippen LogP contribution in [0.3, 0.4) is 0 Å². The third-order valence-corrected chi connectivity index (χ3v) is 3.58. The minimum absolute atomic E-state index is 0.188. The molecule has 0 unspecified atom stereocenters. The number of carbonyl (C=O) groups excluding carboxylic acids is 1. The second-order valence-corrected chi connectivity index (χ2v) is 5.41. The first-order valence-electron chi connectivity index (χ1n) is 7.75. The fourth-order valence-corrected chi connectivity index (χ4v) is 2.27. The lowest BCUT2D eigenvalue weighted by Gasteiger charge is -2.08. The number of amides is 2. The van der Waals surface area contributed by atoms with Crippen molar-refractivity contribution < 1.29 is 4.79 Å². The third-order valence-electron chi connectivity index (χ3n) is 3.58. The van der Waals surface area contributed by atoms with Crippen LogP contribution in [0.4, 0.5) is 4.79 Å². The van der Waals surface area contributed by atoms with Crippen LogP contribution < -0.4 is 10.6 Å². The maximum atomic E-state index is 11.8. The zero-order valence-electron chi connectivity index (χ0n) is 13.2. The molecule has 2 heterocycles. The molecule has 2 amide bonds. The summed E-state index contributed by atoms with van der Waals surface area (Å²) in [5.41, 5.74) is 3.24. The number of nitrogens with one attached hydrogen (secondary N) is 2. The van der Waals surface area contributed by atoms with Crippen LogP contribution in [-0.2, 0) is 19.6 Å². The van der Waals surface area contributed by atoms with E-state index in [0.717, 1.165) is 17.7 Å². The molecule has 0 aliphatic rings. The molecule has 3 rings (SSSR count). The van der Waals surface area contributed by atoms with E-state index in [4.69, 9.17) is 0 Å². The molecule has 0 radical (unpaired) electrons. The molecule has 2 aromatic heterocycles. The molecular weight excluding hydrogens is 302 g/mol. The van der Waals surface area contributed by atoms with Gasteiger partial charge in [-0.15, -0.1) is 0 Å². The van der Waals surface area contributed by atoms with E-state index < -0.39 is 0 Å². The fourth-order valence-electron chi connectivity index (χ4n) is 2.27. The topological polar surface area (TPSA) is 71.8 Å². The summed E-state index contributed by atoms with van der Waals surface area (Å²) < 4.78 is 1.87. The number of aromatic nitrogens is 3. The first-order chi connectivity index (χ1) is 11.8. The molecule has 1 aromatic carbocycles. The summed E-state index contributed by atoms with van der Waals surface area (Å²) in [6.45, 7) is 1.72. The minimum Gasteiger partial charge on any atom is -0.334 e. The number of benzene rings is 1. The molecule has 0 atom stereocenters. The van der Waals surface area contributed by atoms with Gasteiger partial charge < -0.3 is 10.6 Å². The van der Waals surface area contributed by atoms with Gasteiger partial charge in [0.1, 0.15) is 0 Å². The monoisotopic (exact) mass is 321 g/mol. The molecule has 3 aromatic rings. The Hall–Kier alpha value is -3.15. The van der Waals surface area contributed by atoms with Crippen LogP contribution in [0.25, 0.3) is 0 Å². The second-order valence-electron chi connectivity index (χ2n) is 5.41. The summed E-state index contributed by atoms with van der Waals surface area (Å²) in [6.07, 6.45) is 7.12. The Morgan fingerprint density at radius 2 is 1.50 bits per heavy atom. The molecule has 0 spiro atoms. The van der Waals surface area contributed by atoms with Gasteiger partial charge >= 0.3 is 6.03 Å². The number of nitrogens with zero attached hydrogens (tertiary/aromatic N) is 3. The van der Waals surface area contributed by atoms with Crippen molar-refractivity contribution in [1.29, 1.82) is 0 Å². The van der Waals surface area contributed by atoms with E-state index in [1.54, 1.807) is 18.6 Å². The number of hydrogen-bond donors (Lipinski definition) is 2. The highest BCUT2D eigenvalue weighted by Gasteiger charge is 2.01. The maximum absolute atomic E-state index is 11.8. The van der Waals surface area contributed by atoms with E-state index in [1.165, 1.54) is 5.56 Å². The van der Waals surface area contributed by atoms with E-state index in [0.29, 0.717) is 13.1 Å². The van der Waals surface area contributed by atoms with Gasteiger partial charge in [0.2, 0.25) is 0 Å². The van der Waals surface area contributed by atoms with Crippen LogP contribution in [0.1, 0.15) is 16.7 Å². The highest BCUT2D eigenvalue weighted by Crippen LogP contribution is 2.06. The lowest BCUT2D eigenvalue weighted by molar-refractivity contribution is 0.240. The first kappa shape index (κ1) is 15.7. The molecule has 122 valence electrons. The van der Waals surface area contributed by atoms with Crippen molar-refractivity contribution in [2.24, 2.45) is 0 Å². The standard InChI is InChI=1S/C18H19N5O/c24-18(21-13-16-6-9-19-10-7-16)20-12-15-2-4-17(5-3-15)14-23-11-1-8-22-23/h1-11H,12-14H2,(H2,20,21,24). The van der Waals surface area contributed by atoms with Crippen molar-refractivity contribution in [3.8, 4) is 0 Å². The molecule has 0 saturated carbocycles. The molecule has 0 fully saturated rings. The van der Waals surface area contributed by atoms with Crippen molar-refractivity contribution in [3.05, 3.63) is 83.9 Å². The predicted molar refractivity (Wildman–Crippen MR) is 91.1 cm³/mol. The largest absolute Gasteiger partial charge is 0.334 e. The normalized spacial score (nSPS) is 10.3. The first-order valence-corrected chi connectivity index (χ1v) is 7.75. The van der Waals surface area contributed by atoms with Gasteiger partial charge in [-0.3, -0.25) is 9.67 Å². The Kier molecular flexibility index (Phi) is 5.19. The van der Waals surface area contributed by atoms with Gasteiger partial charge in [-0.05, 0) is 34.9 Å². The third kappa shape index (κ3) is 4.67. The minimum atomic E-state index is -0.188. The Bertz CT molecular complexity index is 754. The Labute approximate surface area is 140 Å². The SMILES string of the molecule is O=C(NCc1ccncc1)NCc1ccc(Cn2cccn2)cc1. The molecule has 0 aliphatic carbocycles. The van der Waals surface area contributed by atoms with Gasteiger partial charge in [-0.1, -0.05) is 24.3 Å². The van der Waals surface area contributed by atoms with Crippen molar-refractivity contribution >= 4 is 6.03 Å². The van der Waals surface area contributed by atoms with Crippen LogP contribution in [0.2, 0.25) is 0 Å². The van der Waals surface area contributed by atoms with Gasteiger partial charge in [-0.2, -0.15) is 5.10 Å². The van der Waals surface area contributed by atoms with Crippen molar-refractivity contribution in [2.75, 3.05) is 0 Å². The molecule has 24 heavy (non-hydrogen) atoms. The van der Waals surface area contributed by atoms with E-state index in [-0.39, 0.29) is 6.03 Å². The van der Waals surface area contributed by atoms with Crippen molar-refractivity contribution in [1.82, 2.24) is 25.4 Å². The zero-order chi connectivity index (χ0) is 16.6. The average Bonchev–Trinajstić information content (AvgIpc) is 3.13. The molecular formula is C18H19N5O. The Balaban J connectivity index is 1.43. The molecule has 6 nitrogen and oxygen atoms in total. The highest BCUT2D eigenvalue weighted by atomic mass is 16.2. The van der Waals surface area contributed by atoms with Gasteiger partial charge in [0.15, 0.2) is 0 Å². The number of urea groups is 1. The zero-order valence-corrected chi connectivity index (χ0v) is 13.2. The second kappa shape index (κ2) is 7.92. The molecule has 0 aliphatic heterocycles. The summed E-state index contributed by atoms with van der Waals surface area (Å²) in [7, 11) is 0. The van der Waals surface area contributed by atoms with Crippen LogP contribution in [0, 0.1) is 0 Å². The van der Waals surface area contributed by atoms with Gasteiger partial charge in [0, 0.05) is 37.9 Å². The van der Waals surface area contributed by atoms with E-state index in [2.05, 4.69) is 20.7 Å². The number of pyridine rings is 1. The van der Waals surface area contributed by atoms with Gasteiger partial charge in [-0.25, -0.2) is 4.79 Å². The molecule has 2 N–H and O–H groups in total. The lowest BCUT2D eigenvalue weighted by atomic mass is 10.1. The van der Waals surface area contributed by atoms with Gasteiger partial charge in [0.25, 0.3) is 0 Å². The van der Waals surface area contributed by atoms with Crippen LogP contribution in [-0.4, -0.2) is 20.8 Å². The quantitative estimate of drug-likeness (QED) is 0.732. The number of rotatable bonds is 6. The summed E-state index contributed by atoms with van der Waals surface area (Å²) in [5.74, 6) is 0. The van der Waals surface area contributed by atoms with Crippen LogP contribution >= 0.6 is 0 Å². The van der Waals surface area contributed by atoms with E-state index >= 15 is 0 Å². The van der Waals surface area contributed by atoms with Gasteiger partial charge in [0.05, 0.1) is 6.54 Å². The molecule has 0 saturated heterocycles. The van der Waals surface area contributed by atoms with E-state index in [9.17, 15) is 4.79 Å². The number of hydrogen-bond acceptors (Lipinski definition) is 3. The molecule has 0 bridgehead atoms. The average molecular weight is 321 g/mol. The fraction of sp³-hybridized carbons (Fsp3) is 0.167. The lowest BCUT2D eigenvalue weighted by Crippen LogP contribution is -2.34. The van der Waals surface area contributed by atoms with Crippen molar-refractivity contribution in [2.45, 2.75) is 19.6 Å². The summed E-state index contributed by atoms with van der Waals surface area (Å²) in [6, 6.07) is 13.6. The Morgan fingerprint density at radius 1 is 0.875 bits per heavy atom. The summed E-state index contributed by atoms with van der Waals surface area (Å²) >= 11 is 0. The smallest absolute Gasteiger partial charge is 0.315 e. The number of carbonyl (C=O) groups is 1. The highest BCUT2D eigenvalue weighted by molar-refractivity contribution is 5.73. The molecule has 6 heteroatoms. The maximum Gasteiger partial charge on any atom is 0.315 e. The van der Waals surface area contributed by atoms with E-state index in [1.807, 2.05) is 53.3 Å². The van der Waals surface area contributed by atoms with Crippen LogP contribution in [0.5, 0.6) is 0 Å². The van der Waals surface area contributed by atoms with Crippen molar-refractivity contribution in [3.63, 3.8) is 0 Å². The summed E-state index contributed by atoms with van der Waals surface area (Å²) in [5, 5.41) is 9.86. The Morgan fingerprint density at radius 3 is 2.12 bits per heavy atom.